The number of carbonyl (C=O) groups is 2. The summed E-state index contributed by atoms with van der Waals surface area (Å²) in [6, 6.07) is 16.2. The number of anilines is 2. The van der Waals surface area contributed by atoms with Crippen molar-refractivity contribution in [1.29, 1.82) is 0 Å². The molecule has 8 nitrogen and oxygen atoms in total. The summed E-state index contributed by atoms with van der Waals surface area (Å²) < 4.78 is 11.3. The van der Waals surface area contributed by atoms with Crippen LogP contribution in [0.1, 0.15) is 6.92 Å². The molecule has 2 N–H and O–H groups in total. The van der Waals surface area contributed by atoms with Crippen LogP contribution in [-0.4, -0.2) is 41.0 Å². The van der Waals surface area contributed by atoms with Crippen molar-refractivity contribution in [2.45, 2.75) is 11.3 Å². The van der Waals surface area contributed by atoms with Gasteiger partial charge in [0, 0.05) is 5.69 Å². The Morgan fingerprint density at radius 1 is 0.933 bits per heavy atom. The van der Waals surface area contributed by atoms with Crippen molar-refractivity contribution in [3.63, 3.8) is 0 Å². The second-order valence-corrected chi connectivity index (χ2v) is 8.02. The van der Waals surface area contributed by atoms with E-state index in [-0.39, 0.29) is 24.2 Å². The number of thioether (sulfide) groups is 1. The number of para-hydroxylation sites is 1. The smallest absolute Gasteiger partial charge is 0.264 e. The molecule has 10 heteroatoms. The summed E-state index contributed by atoms with van der Waals surface area (Å²) in [6.45, 7) is 2.37. The van der Waals surface area contributed by atoms with Gasteiger partial charge in [-0.05, 0) is 43.3 Å². The van der Waals surface area contributed by atoms with Crippen LogP contribution in [0, 0.1) is 0 Å². The second-order valence-electron chi connectivity index (χ2n) is 5.82. The fourth-order valence-electron chi connectivity index (χ4n) is 2.27. The van der Waals surface area contributed by atoms with Crippen molar-refractivity contribution in [3.05, 3.63) is 54.6 Å². The summed E-state index contributed by atoms with van der Waals surface area (Å²) >= 11 is 2.44. The lowest BCUT2D eigenvalue weighted by atomic mass is 10.3. The van der Waals surface area contributed by atoms with Crippen molar-refractivity contribution >= 4 is 45.7 Å². The molecule has 0 aliphatic carbocycles. The third-order valence-electron chi connectivity index (χ3n) is 3.54. The Morgan fingerprint density at radius 3 is 2.40 bits per heavy atom. The van der Waals surface area contributed by atoms with Gasteiger partial charge in [0.1, 0.15) is 11.5 Å². The van der Waals surface area contributed by atoms with E-state index < -0.39 is 0 Å². The van der Waals surface area contributed by atoms with Crippen LogP contribution in [0.4, 0.5) is 10.8 Å². The van der Waals surface area contributed by atoms with Crippen molar-refractivity contribution < 1.29 is 19.1 Å². The van der Waals surface area contributed by atoms with Crippen molar-refractivity contribution in [1.82, 2.24) is 10.2 Å². The fraction of sp³-hybridized carbons (Fsp3) is 0.200. The highest BCUT2D eigenvalue weighted by molar-refractivity contribution is 8.01. The van der Waals surface area contributed by atoms with Gasteiger partial charge in [-0.15, -0.1) is 10.2 Å². The highest BCUT2D eigenvalue weighted by Crippen LogP contribution is 2.25. The maximum absolute atomic E-state index is 12.1. The molecule has 30 heavy (non-hydrogen) atoms. The van der Waals surface area contributed by atoms with Crippen molar-refractivity contribution in [3.8, 4) is 11.5 Å². The lowest BCUT2D eigenvalue weighted by Crippen LogP contribution is -2.20. The van der Waals surface area contributed by atoms with Gasteiger partial charge in [-0.25, -0.2) is 0 Å². The predicted octanol–water partition coefficient (Wildman–Crippen LogP) is 3.69. The van der Waals surface area contributed by atoms with Gasteiger partial charge in [-0.2, -0.15) is 0 Å². The summed E-state index contributed by atoms with van der Waals surface area (Å²) in [5.74, 6) is 1.04. The molecule has 0 spiro atoms. The molecule has 2 aromatic carbocycles. The first-order valence-corrected chi connectivity index (χ1v) is 10.9. The van der Waals surface area contributed by atoms with Gasteiger partial charge in [0.25, 0.3) is 5.91 Å². The zero-order valence-corrected chi connectivity index (χ0v) is 17.8. The molecule has 0 atom stereocenters. The molecule has 0 fully saturated rings. The molecule has 2 amide bonds. The topological polar surface area (TPSA) is 102 Å². The van der Waals surface area contributed by atoms with E-state index in [4.69, 9.17) is 9.47 Å². The summed E-state index contributed by atoms with van der Waals surface area (Å²) in [6.07, 6.45) is 0. The number of ether oxygens (including phenoxy) is 2. The molecule has 0 saturated heterocycles. The SMILES string of the molecule is CCOc1ccc(NC(=O)CSc2nnc(NC(=O)COc3ccccc3)s2)cc1. The van der Waals surface area contributed by atoms with Gasteiger partial charge in [0.2, 0.25) is 11.0 Å². The molecule has 0 bridgehead atoms. The summed E-state index contributed by atoms with van der Waals surface area (Å²) in [5, 5.41) is 13.7. The molecule has 0 aliphatic rings. The first-order valence-electron chi connectivity index (χ1n) is 9.09. The van der Waals surface area contributed by atoms with Gasteiger partial charge >= 0.3 is 0 Å². The Hall–Kier alpha value is -3.11. The first-order chi connectivity index (χ1) is 14.6. The van der Waals surface area contributed by atoms with E-state index in [1.807, 2.05) is 25.1 Å². The Morgan fingerprint density at radius 2 is 1.67 bits per heavy atom. The largest absolute Gasteiger partial charge is 0.494 e. The fourth-order valence-corrected chi connectivity index (χ4v) is 3.83. The average Bonchev–Trinajstić information content (AvgIpc) is 3.20. The molecular formula is C20H20N4O4S2. The lowest BCUT2D eigenvalue weighted by Gasteiger charge is -2.06. The monoisotopic (exact) mass is 444 g/mol. The number of amides is 2. The third-order valence-corrected chi connectivity index (χ3v) is 5.51. The van der Waals surface area contributed by atoms with Gasteiger partial charge in [0.15, 0.2) is 10.9 Å². The minimum Gasteiger partial charge on any atom is -0.494 e. The Labute approximate surface area is 182 Å². The number of nitrogens with one attached hydrogen (secondary N) is 2. The van der Waals surface area contributed by atoms with Crippen molar-refractivity contribution in [2.24, 2.45) is 0 Å². The van der Waals surface area contributed by atoms with E-state index in [0.29, 0.717) is 27.5 Å². The number of aromatic nitrogens is 2. The molecule has 0 unspecified atom stereocenters. The van der Waals surface area contributed by atoms with E-state index in [1.54, 1.807) is 36.4 Å². The summed E-state index contributed by atoms with van der Waals surface area (Å²) in [4.78, 5) is 24.1. The number of nitrogens with zero attached hydrogens (tertiary/aromatic N) is 2. The Kier molecular flexibility index (Phi) is 8.04. The number of carbonyl (C=O) groups excluding carboxylic acids is 2. The maximum atomic E-state index is 12.1. The standard InChI is InChI=1S/C20H20N4O4S2/c1-2-27-16-10-8-14(9-11-16)21-18(26)13-29-20-24-23-19(30-20)22-17(25)12-28-15-6-4-3-5-7-15/h3-11H,2,12-13H2,1H3,(H,21,26)(H,22,23,25). The normalized spacial score (nSPS) is 10.3. The maximum Gasteiger partial charge on any atom is 0.264 e. The molecular weight excluding hydrogens is 424 g/mol. The molecule has 0 radical (unpaired) electrons. The highest BCUT2D eigenvalue weighted by Gasteiger charge is 2.11. The van der Waals surface area contributed by atoms with Crippen LogP contribution in [-0.2, 0) is 9.59 Å². The van der Waals surface area contributed by atoms with Crippen LogP contribution < -0.4 is 20.1 Å². The quantitative estimate of drug-likeness (QED) is 0.363. The Balaban J connectivity index is 1.40. The van der Waals surface area contributed by atoms with Crippen LogP contribution >= 0.6 is 23.1 Å². The van der Waals surface area contributed by atoms with E-state index in [1.165, 1.54) is 23.1 Å². The van der Waals surface area contributed by atoms with Crippen LogP contribution in [0.25, 0.3) is 0 Å². The zero-order valence-electron chi connectivity index (χ0n) is 16.2. The molecule has 0 aliphatic heterocycles. The molecule has 1 heterocycles. The zero-order chi connectivity index (χ0) is 21.2. The first kappa shape index (κ1) is 21.6. The average molecular weight is 445 g/mol. The number of rotatable bonds is 10. The van der Waals surface area contributed by atoms with Gasteiger partial charge in [-0.1, -0.05) is 41.3 Å². The van der Waals surface area contributed by atoms with Crippen molar-refractivity contribution in [2.75, 3.05) is 29.6 Å². The molecule has 3 rings (SSSR count). The number of benzene rings is 2. The second kappa shape index (κ2) is 11.2. The van der Waals surface area contributed by atoms with E-state index in [0.717, 1.165) is 5.75 Å². The lowest BCUT2D eigenvalue weighted by molar-refractivity contribution is -0.118. The minimum absolute atomic E-state index is 0.128. The predicted molar refractivity (Wildman–Crippen MR) is 117 cm³/mol. The molecule has 0 saturated carbocycles. The van der Waals surface area contributed by atoms with Crippen LogP contribution in [0.3, 0.4) is 0 Å². The van der Waals surface area contributed by atoms with E-state index in [2.05, 4.69) is 20.8 Å². The number of hydrogen-bond acceptors (Lipinski definition) is 8. The third kappa shape index (κ3) is 7.05. The summed E-state index contributed by atoms with van der Waals surface area (Å²) in [7, 11) is 0. The highest BCUT2D eigenvalue weighted by atomic mass is 32.2. The van der Waals surface area contributed by atoms with Gasteiger partial charge < -0.3 is 14.8 Å². The molecule has 3 aromatic rings. The minimum atomic E-state index is -0.334. The van der Waals surface area contributed by atoms with Gasteiger partial charge in [-0.3, -0.25) is 14.9 Å². The van der Waals surface area contributed by atoms with Gasteiger partial charge in [0.05, 0.1) is 12.4 Å². The molecule has 1 aromatic heterocycles. The van der Waals surface area contributed by atoms with Crippen LogP contribution in [0.2, 0.25) is 0 Å². The Bertz CT molecular complexity index is 964. The van der Waals surface area contributed by atoms with E-state index in [9.17, 15) is 9.59 Å². The molecule has 156 valence electrons. The van der Waals surface area contributed by atoms with Crippen LogP contribution in [0.15, 0.2) is 58.9 Å². The van der Waals surface area contributed by atoms with Crippen LogP contribution in [0.5, 0.6) is 11.5 Å². The number of hydrogen-bond donors (Lipinski definition) is 2. The summed E-state index contributed by atoms with van der Waals surface area (Å²) in [5.41, 5.74) is 0.688. The van der Waals surface area contributed by atoms with E-state index >= 15 is 0 Å².